The summed E-state index contributed by atoms with van der Waals surface area (Å²) in [5, 5.41) is 2.56. The second-order valence-electron chi connectivity index (χ2n) is 11.4. The topological polar surface area (TPSA) is 109 Å². The third kappa shape index (κ3) is 9.88. The van der Waals surface area contributed by atoms with Gasteiger partial charge in [0.2, 0.25) is 5.78 Å². The van der Waals surface area contributed by atoms with Gasteiger partial charge in [0.1, 0.15) is 5.60 Å². The van der Waals surface area contributed by atoms with Gasteiger partial charge in [-0.25, -0.2) is 4.79 Å². The highest BCUT2D eigenvalue weighted by Crippen LogP contribution is 2.39. The zero-order valence-corrected chi connectivity index (χ0v) is 26.6. The smallest absolute Gasteiger partial charge is 0.418 e. The first-order chi connectivity index (χ1) is 21.7. The van der Waals surface area contributed by atoms with Crippen LogP contribution in [0.4, 0.5) is 29.3 Å². The Kier molecular flexibility index (Phi) is 12.0. The van der Waals surface area contributed by atoms with Crippen molar-refractivity contribution in [3.05, 3.63) is 88.7 Å². The van der Waals surface area contributed by atoms with Crippen LogP contribution in [-0.2, 0) is 28.5 Å². The Bertz CT molecular complexity index is 1540. The average Bonchev–Trinajstić information content (AvgIpc) is 3.03. The van der Waals surface area contributed by atoms with Crippen LogP contribution in [-0.4, -0.2) is 65.7 Å². The van der Waals surface area contributed by atoms with Gasteiger partial charge in [-0.05, 0) is 81.1 Å². The first-order valence-electron chi connectivity index (χ1n) is 15.0. The molecule has 0 radical (unpaired) electrons. The van der Waals surface area contributed by atoms with Crippen molar-refractivity contribution in [3.63, 3.8) is 0 Å². The maximum absolute atomic E-state index is 14.1. The number of aromatic nitrogens is 1. The second-order valence-corrected chi connectivity index (χ2v) is 11.4. The lowest BCUT2D eigenvalue weighted by Gasteiger charge is -2.37. The lowest BCUT2D eigenvalue weighted by molar-refractivity contribution is -0.137. The Labute approximate surface area is 266 Å². The number of nitrogens with one attached hydrogen (secondary N) is 1. The number of benzene rings is 2. The second kappa shape index (κ2) is 15.5. The van der Waals surface area contributed by atoms with E-state index < -0.39 is 35.1 Å². The number of aryl methyl sites for hydroxylation is 2. The number of Topliss-reactive ketones (excluding diaryl/α,β-unsaturated/α-hetero) is 1. The fourth-order valence-electron chi connectivity index (χ4n) is 4.76. The summed E-state index contributed by atoms with van der Waals surface area (Å²) in [6.45, 7) is 10.0. The molecule has 0 aliphatic carbocycles. The van der Waals surface area contributed by atoms with Crippen LogP contribution in [0.3, 0.4) is 0 Å². The first-order valence-corrected chi connectivity index (χ1v) is 15.0. The van der Waals surface area contributed by atoms with E-state index in [0.717, 1.165) is 17.2 Å². The van der Waals surface area contributed by atoms with Crippen molar-refractivity contribution >= 4 is 35.4 Å². The quantitative estimate of drug-likeness (QED) is 0.168. The third-order valence-corrected chi connectivity index (χ3v) is 6.91. The van der Waals surface area contributed by atoms with Gasteiger partial charge in [-0.1, -0.05) is 26.0 Å². The van der Waals surface area contributed by atoms with Crippen molar-refractivity contribution in [2.75, 3.05) is 36.4 Å². The zero-order chi connectivity index (χ0) is 34.1. The minimum absolute atomic E-state index is 0.00777. The number of pyridine rings is 1. The van der Waals surface area contributed by atoms with Gasteiger partial charge in [-0.3, -0.25) is 19.4 Å². The molecule has 1 saturated heterocycles. The van der Waals surface area contributed by atoms with E-state index in [2.05, 4.69) is 10.3 Å². The molecule has 2 aromatic carbocycles. The summed E-state index contributed by atoms with van der Waals surface area (Å²) in [7, 11) is 0. The predicted octanol–water partition coefficient (Wildman–Crippen LogP) is 6.60. The van der Waals surface area contributed by atoms with Crippen molar-refractivity contribution in [1.82, 2.24) is 9.88 Å². The van der Waals surface area contributed by atoms with Gasteiger partial charge in [0.05, 0.1) is 5.56 Å². The Morgan fingerprint density at radius 3 is 2.17 bits per heavy atom. The number of carbonyl (C=O) groups is 4. The number of ketones is 1. The third-order valence-electron chi connectivity index (χ3n) is 6.91. The first kappa shape index (κ1) is 35.7. The summed E-state index contributed by atoms with van der Waals surface area (Å²) in [5.74, 6) is -1.24. The van der Waals surface area contributed by atoms with Crippen LogP contribution >= 0.6 is 0 Å². The Morgan fingerprint density at radius 2 is 1.54 bits per heavy atom. The van der Waals surface area contributed by atoms with Gasteiger partial charge >= 0.3 is 12.3 Å². The number of hydrogen-bond donors (Lipinski definition) is 1. The van der Waals surface area contributed by atoms with E-state index in [0.29, 0.717) is 12.8 Å². The molecule has 1 aliphatic heterocycles. The van der Waals surface area contributed by atoms with Crippen molar-refractivity contribution in [3.8, 4) is 0 Å². The molecule has 0 spiro atoms. The molecule has 1 aliphatic rings. The fraction of sp³-hybridized carbons (Fsp3) is 0.382. The molecule has 46 heavy (non-hydrogen) atoms. The molecule has 2 amide bonds. The van der Waals surface area contributed by atoms with Gasteiger partial charge < -0.3 is 19.9 Å². The molecular weight excluding hydrogens is 601 g/mol. The average molecular weight is 641 g/mol. The van der Waals surface area contributed by atoms with Gasteiger partial charge in [0, 0.05) is 61.1 Å². The lowest BCUT2D eigenvalue weighted by Crippen LogP contribution is -2.50. The normalized spacial score (nSPS) is 13.3. The number of nitrogens with zero attached hydrogens (tertiary/aromatic N) is 3. The summed E-state index contributed by atoms with van der Waals surface area (Å²) in [5.41, 5.74) is 0.379. The standard InChI is InChI=1S/C32H33F3N4O5.C2H6/c1-31(2,3)44-30(43)39-13-11-38(12-14-39)27-10-9-25(17-26(27)32(33,34)35)37-29(42)23-6-4-5-21(15-23)7-8-22-16-24(19-36-18-22)28(41)20-40;1-2/h4-6,9-10,15-20H,7-8,11-14H2,1-3H3,(H,37,42);1-2H3. The van der Waals surface area contributed by atoms with E-state index in [4.69, 9.17) is 4.74 Å². The van der Waals surface area contributed by atoms with Crippen LogP contribution in [0.15, 0.2) is 60.9 Å². The van der Waals surface area contributed by atoms with Gasteiger partial charge in [-0.15, -0.1) is 0 Å². The Balaban J connectivity index is 0.00000282. The largest absolute Gasteiger partial charge is 0.444 e. The number of piperazine rings is 1. The SMILES string of the molecule is CC.CC(C)(C)OC(=O)N1CCN(c2ccc(NC(=O)c3cccc(CCc4cncc(C(=O)C=O)c4)c3)cc2C(F)(F)F)CC1. The van der Waals surface area contributed by atoms with Gasteiger partial charge in [0.25, 0.3) is 5.91 Å². The molecule has 9 nitrogen and oxygen atoms in total. The van der Waals surface area contributed by atoms with E-state index >= 15 is 0 Å². The van der Waals surface area contributed by atoms with E-state index in [1.807, 2.05) is 19.9 Å². The number of carbonyl (C=O) groups excluding carboxylic acids is 4. The summed E-state index contributed by atoms with van der Waals surface area (Å²) >= 11 is 0. The van der Waals surface area contributed by atoms with E-state index in [1.54, 1.807) is 56.1 Å². The monoisotopic (exact) mass is 640 g/mol. The predicted molar refractivity (Wildman–Crippen MR) is 169 cm³/mol. The summed E-state index contributed by atoms with van der Waals surface area (Å²) in [4.78, 5) is 54.8. The molecule has 3 aromatic rings. The molecule has 1 aromatic heterocycles. The molecule has 246 valence electrons. The van der Waals surface area contributed by atoms with Crippen LogP contribution in [0.1, 0.15) is 72.0 Å². The zero-order valence-electron chi connectivity index (χ0n) is 26.6. The number of aldehydes is 1. The number of hydrogen-bond acceptors (Lipinski definition) is 7. The van der Waals surface area contributed by atoms with E-state index in [1.165, 1.54) is 23.2 Å². The molecule has 4 rings (SSSR count). The molecule has 0 saturated carbocycles. The number of anilines is 2. The van der Waals surface area contributed by atoms with Crippen LogP contribution in [0, 0.1) is 0 Å². The lowest BCUT2D eigenvalue weighted by atomic mass is 10.0. The summed E-state index contributed by atoms with van der Waals surface area (Å²) < 4.78 is 47.8. The van der Waals surface area contributed by atoms with Crippen molar-refractivity contribution in [1.29, 1.82) is 0 Å². The van der Waals surface area contributed by atoms with E-state index in [9.17, 15) is 32.3 Å². The molecule has 0 atom stereocenters. The molecule has 2 heterocycles. The minimum atomic E-state index is -4.68. The molecule has 1 N–H and O–H groups in total. The highest BCUT2D eigenvalue weighted by Gasteiger charge is 2.36. The minimum Gasteiger partial charge on any atom is -0.444 e. The Morgan fingerprint density at radius 1 is 0.891 bits per heavy atom. The van der Waals surface area contributed by atoms with Crippen LogP contribution in [0.5, 0.6) is 0 Å². The molecule has 1 fully saturated rings. The maximum atomic E-state index is 14.1. The summed E-state index contributed by atoms with van der Waals surface area (Å²) in [6, 6.07) is 11.9. The number of rotatable bonds is 8. The molecular formula is C34H39F3N4O5. The van der Waals surface area contributed by atoms with Crippen molar-refractivity contribution in [2.45, 2.75) is 59.2 Å². The van der Waals surface area contributed by atoms with E-state index in [-0.39, 0.29) is 55.0 Å². The summed E-state index contributed by atoms with van der Waals surface area (Å²) in [6.07, 6.45) is -1.08. The van der Waals surface area contributed by atoms with Gasteiger partial charge in [-0.2, -0.15) is 13.2 Å². The van der Waals surface area contributed by atoms with Gasteiger partial charge in [0.15, 0.2) is 6.29 Å². The van der Waals surface area contributed by atoms with Crippen LogP contribution < -0.4 is 10.2 Å². The molecule has 0 bridgehead atoms. The van der Waals surface area contributed by atoms with Crippen molar-refractivity contribution < 1.29 is 37.1 Å². The van der Waals surface area contributed by atoms with Crippen LogP contribution in [0.25, 0.3) is 0 Å². The fourth-order valence-corrected chi connectivity index (χ4v) is 4.76. The van der Waals surface area contributed by atoms with Crippen molar-refractivity contribution in [2.24, 2.45) is 0 Å². The highest BCUT2D eigenvalue weighted by molar-refractivity contribution is 6.33. The highest BCUT2D eigenvalue weighted by atomic mass is 19.4. The molecule has 0 unspecified atom stereocenters. The Hall–Kier alpha value is -4.74. The molecule has 12 heteroatoms. The number of ether oxygens (including phenoxy) is 1. The maximum Gasteiger partial charge on any atom is 0.418 e. The number of alkyl halides is 3. The number of amides is 2. The number of halogens is 3. The van der Waals surface area contributed by atoms with Crippen LogP contribution in [0.2, 0.25) is 0 Å².